The summed E-state index contributed by atoms with van der Waals surface area (Å²) in [6.07, 6.45) is 3.17. The van der Waals surface area contributed by atoms with E-state index in [-0.39, 0.29) is 22.4 Å². The van der Waals surface area contributed by atoms with Gasteiger partial charge in [0, 0.05) is 23.2 Å². The number of pyridine rings is 2. The molecular formula is C20H12AgN5O3. The van der Waals surface area contributed by atoms with Crippen LogP contribution in [0.15, 0.2) is 73.1 Å². The second kappa shape index (κ2) is 11.8. The van der Waals surface area contributed by atoms with Gasteiger partial charge in [-0.25, -0.2) is 0 Å². The van der Waals surface area contributed by atoms with E-state index >= 15 is 0 Å². The summed E-state index contributed by atoms with van der Waals surface area (Å²) in [6.45, 7) is 0. The Morgan fingerprint density at radius 1 is 0.759 bits per heavy atom. The Labute approximate surface area is 181 Å². The minimum atomic E-state index is -1.75. The molecule has 4 aromatic rings. The molecule has 0 saturated heterocycles. The summed E-state index contributed by atoms with van der Waals surface area (Å²) in [6, 6.07) is 23.3. The van der Waals surface area contributed by atoms with E-state index in [1.54, 1.807) is 12.4 Å². The predicted molar refractivity (Wildman–Crippen MR) is 103 cm³/mol. The fourth-order valence-corrected chi connectivity index (χ4v) is 2.26. The van der Waals surface area contributed by atoms with Crippen LogP contribution in [-0.2, 0) is 22.4 Å². The molecule has 0 aliphatic carbocycles. The molecule has 2 aromatic heterocycles. The summed E-state index contributed by atoms with van der Waals surface area (Å²) in [5, 5.41) is 34.0. The molecule has 0 N–H and O–H groups in total. The molecule has 8 nitrogen and oxygen atoms in total. The largest absolute Gasteiger partial charge is 1.00 e. The van der Waals surface area contributed by atoms with Gasteiger partial charge in [0.1, 0.15) is 12.1 Å². The van der Waals surface area contributed by atoms with Gasteiger partial charge in [0.25, 0.3) is 0 Å². The van der Waals surface area contributed by atoms with Crippen LogP contribution in [0.25, 0.3) is 21.8 Å². The van der Waals surface area contributed by atoms with Gasteiger partial charge in [-0.05, 0) is 24.3 Å². The summed E-state index contributed by atoms with van der Waals surface area (Å²) in [4.78, 5) is 16.5. The average molecular weight is 478 g/mol. The van der Waals surface area contributed by atoms with Crippen LogP contribution in [0.4, 0.5) is 0 Å². The predicted octanol–water partition coefficient (Wildman–Crippen LogP) is 3.97. The van der Waals surface area contributed by atoms with Crippen LogP contribution in [0.1, 0.15) is 11.1 Å². The zero-order chi connectivity index (χ0) is 20.4. The number of hydrogen-bond donors (Lipinski definition) is 0. The third-order valence-electron chi connectivity index (χ3n) is 3.44. The zero-order valence-electron chi connectivity index (χ0n) is 14.7. The Balaban J connectivity index is 0.000000239. The van der Waals surface area contributed by atoms with Gasteiger partial charge in [0.05, 0.1) is 27.2 Å². The molecule has 2 aromatic carbocycles. The van der Waals surface area contributed by atoms with Crippen LogP contribution < -0.4 is 0 Å². The Bertz CT molecular complexity index is 1110. The third kappa shape index (κ3) is 7.37. The maximum Gasteiger partial charge on any atom is 1.00 e. The number of nitrogens with zero attached hydrogens (tertiary/aromatic N) is 5. The number of nitriles is 2. The zero-order valence-corrected chi connectivity index (χ0v) is 16.2. The second-order valence-corrected chi connectivity index (χ2v) is 5.28. The number of aromatic nitrogens is 2. The first-order chi connectivity index (χ1) is 13.5. The van der Waals surface area contributed by atoms with Gasteiger partial charge in [0.2, 0.25) is 0 Å². The summed E-state index contributed by atoms with van der Waals surface area (Å²) in [5.41, 5.74) is 3.07. The Hall–Kier alpha value is -3.82. The summed E-state index contributed by atoms with van der Waals surface area (Å²) in [5.74, 6) is 0. The molecule has 0 aliphatic rings. The average Bonchev–Trinajstić information content (AvgIpc) is 2.73. The molecule has 0 atom stereocenters. The van der Waals surface area contributed by atoms with Crippen LogP contribution in [-0.4, -0.2) is 15.1 Å². The first kappa shape index (κ1) is 23.2. The van der Waals surface area contributed by atoms with Crippen LogP contribution >= 0.6 is 0 Å². The van der Waals surface area contributed by atoms with E-state index in [9.17, 15) is 0 Å². The fraction of sp³-hybridized carbons (Fsp3) is 0. The summed E-state index contributed by atoms with van der Waals surface area (Å²) < 4.78 is 0. The molecular weight excluding hydrogens is 466 g/mol. The minimum Gasteiger partial charge on any atom is -0.356 e. The molecule has 146 valence electrons. The number of benzene rings is 2. The van der Waals surface area contributed by atoms with Gasteiger partial charge in [0.15, 0.2) is 0 Å². The van der Waals surface area contributed by atoms with Gasteiger partial charge in [-0.15, -0.1) is 0 Å². The molecule has 29 heavy (non-hydrogen) atoms. The van der Waals surface area contributed by atoms with Crippen LogP contribution in [0.3, 0.4) is 0 Å². The first-order valence-electron chi connectivity index (χ1n) is 7.85. The minimum absolute atomic E-state index is 0. The van der Waals surface area contributed by atoms with E-state index < -0.39 is 5.09 Å². The maximum absolute atomic E-state index is 8.61. The van der Waals surface area contributed by atoms with Crippen molar-refractivity contribution < 1.29 is 27.5 Å². The Morgan fingerprint density at radius 2 is 1.10 bits per heavy atom. The molecule has 9 heteroatoms. The molecule has 0 unspecified atom stereocenters. The van der Waals surface area contributed by atoms with E-state index in [4.69, 9.17) is 25.8 Å². The van der Waals surface area contributed by atoms with Crippen molar-refractivity contribution in [3.63, 3.8) is 0 Å². The monoisotopic (exact) mass is 477 g/mol. The molecule has 0 bridgehead atoms. The molecule has 2 heterocycles. The fourth-order valence-electron chi connectivity index (χ4n) is 2.26. The molecule has 0 spiro atoms. The molecule has 0 aliphatic heterocycles. The van der Waals surface area contributed by atoms with Crippen molar-refractivity contribution in [2.75, 3.05) is 0 Å². The number of rotatable bonds is 0. The van der Waals surface area contributed by atoms with Crippen molar-refractivity contribution in [3.8, 4) is 12.1 Å². The van der Waals surface area contributed by atoms with Gasteiger partial charge in [-0.2, -0.15) is 10.5 Å². The molecule has 0 fully saturated rings. The van der Waals surface area contributed by atoms with Gasteiger partial charge in [-0.3, -0.25) is 9.97 Å². The first-order valence-corrected chi connectivity index (χ1v) is 7.85. The Kier molecular flexibility index (Phi) is 9.45. The van der Waals surface area contributed by atoms with Crippen LogP contribution in [0.2, 0.25) is 0 Å². The van der Waals surface area contributed by atoms with E-state index in [1.807, 2.05) is 60.7 Å². The summed E-state index contributed by atoms with van der Waals surface area (Å²) >= 11 is 0. The SMILES string of the molecule is N#Cc1cnc2ccccc2c1.N#Cc1cnc2ccccc2c1.O=[N+]([O-])[O-].[Ag+]. The van der Waals surface area contributed by atoms with E-state index in [0.717, 1.165) is 21.8 Å². The van der Waals surface area contributed by atoms with E-state index in [2.05, 4.69) is 22.1 Å². The number of para-hydroxylation sites is 2. The van der Waals surface area contributed by atoms with Crippen molar-refractivity contribution in [2.45, 2.75) is 0 Å². The summed E-state index contributed by atoms with van der Waals surface area (Å²) in [7, 11) is 0. The number of fused-ring (bicyclic) bond motifs is 2. The van der Waals surface area contributed by atoms with Crippen molar-refractivity contribution in [1.29, 1.82) is 10.5 Å². The molecule has 0 saturated carbocycles. The standard InChI is InChI=1S/2C10H6N2.Ag.NO3/c2*11-6-8-5-9-3-1-2-4-10(9)12-7-8;;2-1(3)4/h2*1-5,7H;;/q;;+1;-1. The maximum atomic E-state index is 8.61. The third-order valence-corrected chi connectivity index (χ3v) is 3.44. The smallest absolute Gasteiger partial charge is 0.356 e. The van der Waals surface area contributed by atoms with Crippen molar-refractivity contribution in [1.82, 2.24) is 9.97 Å². The van der Waals surface area contributed by atoms with Crippen LogP contribution in [0, 0.1) is 38.0 Å². The van der Waals surface area contributed by atoms with Crippen molar-refractivity contribution >= 4 is 21.8 Å². The Morgan fingerprint density at radius 3 is 1.45 bits per heavy atom. The topological polar surface area (TPSA) is 140 Å². The van der Waals surface area contributed by atoms with Crippen molar-refractivity contribution in [2.24, 2.45) is 0 Å². The van der Waals surface area contributed by atoms with Gasteiger partial charge >= 0.3 is 22.4 Å². The second-order valence-electron chi connectivity index (χ2n) is 5.28. The van der Waals surface area contributed by atoms with E-state index in [0.29, 0.717) is 11.1 Å². The molecule has 4 rings (SSSR count). The molecule has 0 amide bonds. The normalized spacial score (nSPS) is 8.76. The van der Waals surface area contributed by atoms with Gasteiger partial charge < -0.3 is 15.3 Å². The van der Waals surface area contributed by atoms with Crippen molar-refractivity contribution in [3.05, 3.63) is 99.5 Å². The van der Waals surface area contributed by atoms with Crippen LogP contribution in [0.5, 0.6) is 0 Å². The van der Waals surface area contributed by atoms with Gasteiger partial charge in [-0.1, -0.05) is 36.4 Å². The van der Waals surface area contributed by atoms with E-state index in [1.165, 1.54) is 0 Å². The molecule has 0 radical (unpaired) electrons. The number of hydrogen-bond acceptors (Lipinski definition) is 7. The quantitative estimate of drug-likeness (QED) is 0.212.